The lowest BCUT2D eigenvalue weighted by molar-refractivity contribution is 0.0950. The van der Waals surface area contributed by atoms with Gasteiger partial charge in [0.1, 0.15) is 0 Å². The van der Waals surface area contributed by atoms with E-state index in [9.17, 15) is 4.79 Å². The molecule has 0 bridgehead atoms. The smallest absolute Gasteiger partial charge is 0.251 e. The van der Waals surface area contributed by atoms with Gasteiger partial charge in [0.15, 0.2) is 0 Å². The Morgan fingerprint density at radius 3 is 2.80 bits per heavy atom. The van der Waals surface area contributed by atoms with Gasteiger partial charge in [0.25, 0.3) is 5.91 Å². The first-order valence-electron chi connectivity index (χ1n) is 7.93. The quantitative estimate of drug-likeness (QED) is 0.715. The summed E-state index contributed by atoms with van der Waals surface area (Å²) in [6, 6.07) is 9.66. The van der Waals surface area contributed by atoms with Crippen LogP contribution in [0.4, 0.5) is 0 Å². The highest BCUT2D eigenvalue weighted by molar-refractivity contribution is 7.98. The third kappa shape index (κ3) is 4.09. The van der Waals surface area contributed by atoms with Crippen molar-refractivity contribution in [2.45, 2.75) is 18.4 Å². The Labute approximate surface area is 151 Å². The highest BCUT2D eigenvalue weighted by Gasteiger charge is 2.09. The van der Waals surface area contributed by atoms with Crippen LogP contribution in [0.1, 0.15) is 21.6 Å². The van der Waals surface area contributed by atoms with E-state index in [1.165, 1.54) is 5.56 Å². The maximum absolute atomic E-state index is 12.4. The van der Waals surface area contributed by atoms with E-state index in [4.69, 9.17) is 0 Å². The van der Waals surface area contributed by atoms with E-state index in [2.05, 4.69) is 15.4 Å². The molecule has 5 nitrogen and oxygen atoms in total. The van der Waals surface area contributed by atoms with Gasteiger partial charge in [-0.05, 0) is 48.6 Å². The standard InChI is InChI=1S/C19H20N4OS/c1-13-4-5-15(9-18(13)25-3)19(24)21-11-17-8-14(6-7-20-17)16-10-22-23(2)12-16/h4-10,12H,11H2,1-3H3,(H,21,24). The van der Waals surface area contributed by atoms with Crippen molar-refractivity contribution in [3.8, 4) is 11.1 Å². The van der Waals surface area contributed by atoms with Crippen molar-refractivity contribution >= 4 is 17.7 Å². The number of aromatic nitrogens is 3. The van der Waals surface area contributed by atoms with E-state index in [1.54, 1.807) is 22.6 Å². The summed E-state index contributed by atoms with van der Waals surface area (Å²) in [4.78, 5) is 17.8. The van der Waals surface area contributed by atoms with Gasteiger partial charge in [0.05, 0.1) is 18.4 Å². The lowest BCUT2D eigenvalue weighted by Crippen LogP contribution is -2.23. The second kappa shape index (κ2) is 7.53. The van der Waals surface area contributed by atoms with Crippen LogP contribution in [-0.4, -0.2) is 26.9 Å². The molecular formula is C19H20N4OS. The monoisotopic (exact) mass is 352 g/mol. The Bertz CT molecular complexity index is 904. The number of nitrogens with one attached hydrogen (secondary N) is 1. The number of benzene rings is 1. The van der Waals surface area contributed by atoms with E-state index in [0.717, 1.165) is 21.7 Å². The summed E-state index contributed by atoms with van der Waals surface area (Å²) in [6.45, 7) is 2.43. The predicted molar refractivity (Wildman–Crippen MR) is 101 cm³/mol. The molecule has 6 heteroatoms. The van der Waals surface area contributed by atoms with E-state index in [0.29, 0.717) is 12.1 Å². The molecule has 0 unspecified atom stereocenters. The third-order valence-electron chi connectivity index (χ3n) is 3.96. The molecule has 2 aromatic heterocycles. The molecule has 25 heavy (non-hydrogen) atoms. The minimum absolute atomic E-state index is 0.0936. The molecule has 1 aromatic carbocycles. The number of carbonyl (C=O) groups excluding carboxylic acids is 1. The molecule has 3 rings (SSSR count). The summed E-state index contributed by atoms with van der Waals surface area (Å²) < 4.78 is 1.76. The van der Waals surface area contributed by atoms with E-state index in [1.807, 2.05) is 63.0 Å². The molecule has 3 aromatic rings. The lowest BCUT2D eigenvalue weighted by Gasteiger charge is -2.08. The van der Waals surface area contributed by atoms with Crippen molar-refractivity contribution in [3.63, 3.8) is 0 Å². The molecule has 0 fully saturated rings. The Morgan fingerprint density at radius 1 is 1.24 bits per heavy atom. The largest absolute Gasteiger partial charge is 0.346 e. The predicted octanol–water partition coefficient (Wildman–Crippen LogP) is 3.44. The Hall–Kier alpha value is -2.60. The summed E-state index contributed by atoms with van der Waals surface area (Å²) >= 11 is 1.64. The summed E-state index contributed by atoms with van der Waals surface area (Å²) in [6.07, 6.45) is 7.53. The molecule has 0 aliphatic rings. The molecular weight excluding hydrogens is 332 g/mol. The first-order chi connectivity index (χ1) is 12.1. The van der Waals surface area contributed by atoms with E-state index < -0.39 is 0 Å². The van der Waals surface area contributed by atoms with Gasteiger partial charge in [0, 0.05) is 35.5 Å². The van der Waals surface area contributed by atoms with Crippen LogP contribution in [0.15, 0.2) is 53.8 Å². The van der Waals surface area contributed by atoms with Crippen LogP contribution in [0.3, 0.4) is 0 Å². The minimum atomic E-state index is -0.0936. The fourth-order valence-corrected chi connectivity index (χ4v) is 3.19. The Morgan fingerprint density at radius 2 is 2.08 bits per heavy atom. The molecule has 0 saturated carbocycles. The third-order valence-corrected chi connectivity index (χ3v) is 4.83. The maximum Gasteiger partial charge on any atom is 0.251 e. The molecule has 128 valence electrons. The van der Waals surface area contributed by atoms with E-state index in [-0.39, 0.29) is 5.91 Å². The first-order valence-corrected chi connectivity index (χ1v) is 9.16. The van der Waals surface area contributed by atoms with Crippen LogP contribution in [0, 0.1) is 6.92 Å². The number of carbonyl (C=O) groups is 1. The fourth-order valence-electron chi connectivity index (χ4n) is 2.56. The van der Waals surface area contributed by atoms with Crippen LogP contribution >= 0.6 is 11.8 Å². The van der Waals surface area contributed by atoms with Gasteiger partial charge in [0.2, 0.25) is 0 Å². The highest BCUT2D eigenvalue weighted by Crippen LogP contribution is 2.21. The van der Waals surface area contributed by atoms with Crippen molar-refractivity contribution < 1.29 is 4.79 Å². The van der Waals surface area contributed by atoms with Crippen molar-refractivity contribution in [2.75, 3.05) is 6.26 Å². The van der Waals surface area contributed by atoms with Crippen LogP contribution in [0.5, 0.6) is 0 Å². The zero-order valence-electron chi connectivity index (χ0n) is 14.5. The van der Waals surface area contributed by atoms with E-state index >= 15 is 0 Å². The van der Waals surface area contributed by atoms with Crippen LogP contribution in [-0.2, 0) is 13.6 Å². The molecule has 1 N–H and O–H groups in total. The van der Waals surface area contributed by atoms with Gasteiger partial charge in [-0.15, -0.1) is 11.8 Å². The minimum Gasteiger partial charge on any atom is -0.346 e. The molecule has 0 atom stereocenters. The molecule has 2 heterocycles. The average Bonchev–Trinajstić information content (AvgIpc) is 3.07. The lowest BCUT2D eigenvalue weighted by atomic mass is 10.1. The number of rotatable bonds is 5. The van der Waals surface area contributed by atoms with Crippen molar-refractivity contribution in [3.05, 3.63) is 65.7 Å². The summed E-state index contributed by atoms with van der Waals surface area (Å²) in [7, 11) is 1.89. The first kappa shape index (κ1) is 17.2. The Kier molecular flexibility index (Phi) is 5.19. The van der Waals surface area contributed by atoms with Gasteiger partial charge in [-0.3, -0.25) is 14.5 Å². The van der Waals surface area contributed by atoms with Gasteiger partial charge < -0.3 is 5.32 Å². The maximum atomic E-state index is 12.4. The van der Waals surface area contributed by atoms with Crippen molar-refractivity contribution in [1.82, 2.24) is 20.1 Å². The summed E-state index contributed by atoms with van der Waals surface area (Å²) in [5.41, 5.74) is 4.72. The zero-order valence-corrected chi connectivity index (χ0v) is 15.3. The molecule has 0 aliphatic carbocycles. The number of hydrogen-bond acceptors (Lipinski definition) is 4. The molecule has 0 radical (unpaired) electrons. The molecule has 0 spiro atoms. The second-order valence-corrected chi connectivity index (χ2v) is 6.65. The van der Waals surface area contributed by atoms with Crippen LogP contribution < -0.4 is 5.32 Å². The molecule has 0 saturated heterocycles. The number of thioether (sulfide) groups is 1. The normalized spacial score (nSPS) is 10.7. The average molecular weight is 352 g/mol. The number of aryl methyl sites for hydroxylation is 2. The summed E-state index contributed by atoms with van der Waals surface area (Å²) in [5.74, 6) is -0.0936. The Balaban J connectivity index is 1.70. The molecule has 1 amide bonds. The van der Waals surface area contributed by atoms with Gasteiger partial charge in [-0.1, -0.05) is 6.07 Å². The fraction of sp³-hybridized carbons (Fsp3) is 0.211. The number of amides is 1. The number of pyridine rings is 1. The second-order valence-electron chi connectivity index (χ2n) is 5.81. The van der Waals surface area contributed by atoms with Crippen molar-refractivity contribution in [2.24, 2.45) is 7.05 Å². The topological polar surface area (TPSA) is 59.8 Å². The van der Waals surface area contributed by atoms with Crippen LogP contribution in [0.2, 0.25) is 0 Å². The van der Waals surface area contributed by atoms with Crippen LogP contribution in [0.25, 0.3) is 11.1 Å². The van der Waals surface area contributed by atoms with Crippen molar-refractivity contribution in [1.29, 1.82) is 0 Å². The van der Waals surface area contributed by atoms with Gasteiger partial charge >= 0.3 is 0 Å². The molecule has 0 aliphatic heterocycles. The SMILES string of the molecule is CSc1cc(C(=O)NCc2cc(-c3cnn(C)c3)ccn2)ccc1C. The van der Waals surface area contributed by atoms with Gasteiger partial charge in [-0.25, -0.2) is 0 Å². The summed E-state index contributed by atoms with van der Waals surface area (Å²) in [5, 5.41) is 7.12. The number of nitrogens with zero attached hydrogens (tertiary/aromatic N) is 3. The van der Waals surface area contributed by atoms with Gasteiger partial charge in [-0.2, -0.15) is 5.10 Å². The number of hydrogen-bond donors (Lipinski definition) is 1. The highest BCUT2D eigenvalue weighted by atomic mass is 32.2. The zero-order chi connectivity index (χ0) is 17.8.